The summed E-state index contributed by atoms with van der Waals surface area (Å²) < 4.78 is 13.1. The van der Waals surface area contributed by atoms with Crippen LogP contribution in [0.2, 0.25) is 0 Å². The molecular weight excluding hydrogens is 321 g/mol. The van der Waals surface area contributed by atoms with Crippen LogP contribution in [0.25, 0.3) is 0 Å². The van der Waals surface area contributed by atoms with Gasteiger partial charge < -0.3 is 4.90 Å². The molecule has 0 N–H and O–H groups in total. The molecule has 1 spiro atoms. The Kier molecular flexibility index (Phi) is 3.77. The lowest BCUT2D eigenvalue weighted by Crippen LogP contribution is -2.47. The van der Waals surface area contributed by atoms with Gasteiger partial charge in [-0.2, -0.15) is 0 Å². The van der Waals surface area contributed by atoms with Crippen molar-refractivity contribution < 1.29 is 9.18 Å². The first-order chi connectivity index (χ1) is 11.9. The van der Waals surface area contributed by atoms with Crippen molar-refractivity contribution in [2.24, 2.45) is 22.7 Å². The second kappa shape index (κ2) is 5.75. The number of carbonyl (C=O) groups is 1. The summed E-state index contributed by atoms with van der Waals surface area (Å²) >= 11 is 0. The third-order valence-electron chi connectivity index (χ3n) is 5.76. The Morgan fingerprint density at radius 1 is 1.32 bits per heavy atom. The molecule has 1 aliphatic carbocycles. The summed E-state index contributed by atoms with van der Waals surface area (Å²) in [6.45, 7) is 8.41. The maximum atomic E-state index is 13.2. The molecule has 0 aromatic carbocycles. The minimum atomic E-state index is -0.613. The number of aromatic nitrogens is 2. The molecule has 0 unspecified atom stereocenters. The molecule has 3 heterocycles. The highest BCUT2D eigenvalue weighted by molar-refractivity contribution is 6.07. The third-order valence-corrected chi connectivity index (χ3v) is 5.76. The zero-order chi connectivity index (χ0) is 17.8. The molecule has 0 radical (unpaired) electrons. The van der Waals surface area contributed by atoms with Gasteiger partial charge in [0.1, 0.15) is 11.4 Å². The summed E-state index contributed by atoms with van der Waals surface area (Å²) in [6, 6.07) is 0. The van der Waals surface area contributed by atoms with Gasteiger partial charge >= 0.3 is 0 Å². The number of amidine groups is 1. The first-order valence-electron chi connectivity index (χ1n) is 9.01. The molecule has 1 aromatic heterocycles. The van der Waals surface area contributed by atoms with E-state index in [0.717, 1.165) is 31.8 Å². The monoisotopic (exact) mass is 345 g/mol. The summed E-state index contributed by atoms with van der Waals surface area (Å²) in [5, 5.41) is 0. The van der Waals surface area contributed by atoms with E-state index < -0.39 is 11.4 Å². The van der Waals surface area contributed by atoms with Gasteiger partial charge in [-0.15, -0.1) is 0 Å². The van der Waals surface area contributed by atoms with E-state index in [-0.39, 0.29) is 11.8 Å². The van der Waals surface area contributed by atoms with Crippen LogP contribution in [0.3, 0.4) is 0 Å². The van der Waals surface area contributed by atoms with Gasteiger partial charge in [0.15, 0.2) is 5.82 Å². The van der Waals surface area contributed by atoms with Gasteiger partial charge in [0.25, 0.3) is 5.91 Å². The van der Waals surface area contributed by atoms with Gasteiger partial charge in [-0.25, -0.2) is 14.4 Å². The average molecular weight is 345 g/mol. The normalized spacial score (nSPS) is 31.4. The minimum Gasteiger partial charge on any atom is -0.340 e. The van der Waals surface area contributed by atoms with Crippen LogP contribution < -0.4 is 4.90 Å². The van der Waals surface area contributed by atoms with Gasteiger partial charge in [0, 0.05) is 25.6 Å². The van der Waals surface area contributed by atoms with Crippen molar-refractivity contribution in [1.82, 2.24) is 14.9 Å². The molecule has 0 bridgehead atoms. The molecular formula is C18H24FN5O. The lowest BCUT2D eigenvalue weighted by molar-refractivity contribution is -0.132. The highest BCUT2D eigenvalue weighted by atomic mass is 19.1. The predicted molar refractivity (Wildman–Crippen MR) is 92.8 cm³/mol. The first-order valence-corrected chi connectivity index (χ1v) is 9.01. The van der Waals surface area contributed by atoms with E-state index in [0.29, 0.717) is 24.3 Å². The van der Waals surface area contributed by atoms with Gasteiger partial charge in [-0.1, -0.05) is 13.8 Å². The molecule has 1 amide bonds. The van der Waals surface area contributed by atoms with E-state index in [2.05, 4.69) is 28.7 Å². The average Bonchev–Trinajstić information content (AvgIpc) is 3.19. The second-order valence-corrected chi connectivity index (χ2v) is 7.90. The van der Waals surface area contributed by atoms with Crippen LogP contribution in [0, 0.1) is 23.6 Å². The van der Waals surface area contributed by atoms with Crippen LogP contribution in [0.1, 0.15) is 33.6 Å². The fourth-order valence-electron chi connectivity index (χ4n) is 4.69. The molecule has 7 heteroatoms. The molecule has 4 rings (SSSR count). The Morgan fingerprint density at radius 2 is 2.04 bits per heavy atom. The van der Waals surface area contributed by atoms with Crippen LogP contribution >= 0.6 is 0 Å². The number of hydrogen-bond acceptors (Lipinski definition) is 5. The lowest BCUT2D eigenvalue weighted by atomic mass is 9.85. The fraction of sp³-hybridized carbons (Fsp3) is 0.667. The van der Waals surface area contributed by atoms with Crippen LogP contribution in [-0.4, -0.2) is 51.8 Å². The van der Waals surface area contributed by atoms with E-state index in [9.17, 15) is 9.18 Å². The number of rotatable bonds is 3. The molecule has 2 fully saturated rings. The molecule has 134 valence electrons. The number of nitrogens with zero attached hydrogens (tertiary/aromatic N) is 5. The maximum Gasteiger partial charge on any atom is 0.256 e. The summed E-state index contributed by atoms with van der Waals surface area (Å²) in [6.07, 6.45) is 4.20. The number of aliphatic imine (C=N–C) groups is 1. The van der Waals surface area contributed by atoms with Gasteiger partial charge in [0.2, 0.25) is 5.95 Å². The van der Waals surface area contributed by atoms with Crippen molar-refractivity contribution >= 4 is 17.7 Å². The van der Waals surface area contributed by atoms with E-state index in [1.54, 1.807) is 0 Å². The summed E-state index contributed by atoms with van der Waals surface area (Å²) in [5.74, 6) is 2.11. The van der Waals surface area contributed by atoms with Crippen LogP contribution in [0.4, 0.5) is 10.3 Å². The zero-order valence-electron chi connectivity index (χ0n) is 14.9. The van der Waals surface area contributed by atoms with E-state index >= 15 is 0 Å². The molecule has 25 heavy (non-hydrogen) atoms. The number of anilines is 1. The number of amides is 1. The smallest absolute Gasteiger partial charge is 0.256 e. The quantitative estimate of drug-likeness (QED) is 0.842. The topological polar surface area (TPSA) is 61.7 Å². The Hall–Kier alpha value is -2.05. The van der Waals surface area contributed by atoms with Crippen molar-refractivity contribution in [3.8, 4) is 0 Å². The summed E-state index contributed by atoms with van der Waals surface area (Å²) in [4.78, 5) is 30.2. The molecule has 1 aromatic rings. The predicted octanol–water partition coefficient (Wildman–Crippen LogP) is 2.12. The molecule has 1 saturated carbocycles. The minimum absolute atomic E-state index is 0.160. The van der Waals surface area contributed by atoms with Crippen molar-refractivity contribution in [3.05, 3.63) is 18.2 Å². The SMILES string of the molecule is CC1=N[C@@]2(CC[C@@H]3CN(c4ncc(F)cn4)C[C@@H]32)C(=O)N1CC(C)C. The van der Waals surface area contributed by atoms with Crippen molar-refractivity contribution in [3.63, 3.8) is 0 Å². The molecule has 3 atom stereocenters. The molecule has 3 aliphatic rings. The van der Waals surface area contributed by atoms with Gasteiger partial charge in [-0.05, 0) is 31.6 Å². The number of carbonyl (C=O) groups excluding carboxylic acids is 1. The summed E-state index contributed by atoms with van der Waals surface area (Å²) in [5.41, 5.74) is -0.613. The fourth-order valence-corrected chi connectivity index (χ4v) is 4.69. The number of fused-ring (bicyclic) bond motifs is 2. The highest BCUT2D eigenvalue weighted by Crippen LogP contribution is 2.50. The highest BCUT2D eigenvalue weighted by Gasteiger charge is 2.60. The standard InChI is InChI=1S/C18H24FN5O/c1-11(2)8-24-12(3)22-18(16(24)25)5-4-13-9-23(10-15(13)18)17-20-6-14(19)7-21-17/h6-7,11,13,15H,4-5,8-10H2,1-3H3/t13-,15+,18-/m1/s1. The first kappa shape index (κ1) is 16.4. The molecule has 2 aliphatic heterocycles. The Labute approximate surface area is 147 Å². The van der Waals surface area contributed by atoms with Gasteiger partial charge in [0.05, 0.1) is 12.4 Å². The Bertz CT molecular complexity index is 719. The third kappa shape index (κ3) is 2.51. The zero-order valence-corrected chi connectivity index (χ0v) is 14.9. The maximum absolute atomic E-state index is 13.2. The number of halogens is 1. The van der Waals surface area contributed by atoms with E-state index in [1.807, 2.05) is 11.8 Å². The van der Waals surface area contributed by atoms with Crippen LogP contribution in [0.15, 0.2) is 17.4 Å². The van der Waals surface area contributed by atoms with Crippen LogP contribution in [0.5, 0.6) is 0 Å². The lowest BCUT2D eigenvalue weighted by Gasteiger charge is -2.28. The second-order valence-electron chi connectivity index (χ2n) is 7.90. The van der Waals surface area contributed by atoms with Gasteiger partial charge in [-0.3, -0.25) is 14.7 Å². The molecule has 6 nitrogen and oxygen atoms in total. The summed E-state index contributed by atoms with van der Waals surface area (Å²) in [7, 11) is 0. The van der Waals surface area contributed by atoms with Crippen molar-refractivity contribution in [2.75, 3.05) is 24.5 Å². The largest absolute Gasteiger partial charge is 0.340 e. The van der Waals surface area contributed by atoms with Crippen LogP contribution in [-0.2, 0) is 4.79 Å². The Balaban J connectivity index is 1.58. The Morgan fingerprint density at radius 3 is 2.72 bits per heavy atom. The van der Waals surface area contributed by atoms with E-state index in [1.165, 1.54) is 12.4 Å². The van der Waals surface area contributed by atoms with E-state index in [4.69, 9.17) is 4.99 Å². The number of hydrogen-bond donors (Lipinski definition) is 0. The van der Waals surface area contributed by atoms with Crippen molar-refractivity contribution in [2.45, 2.75) is 39.2 Å². The molecule has 1 saturated heterocycles. The van der Waals surface area contributed by atoms with Crippen molar-refractivity contribution in [1.29, 1.82) is 0 Å².